The van der Waals surface area contributed by atoms with Gasteiger partial charge in [0.15, 0.2) is 0 Å². The van der Waals surface area contributed by atoms with Crippen molar-refractivity contribution in [2.24, 2.45) is 11.8 Å². The molecule has 3 aliphatic heterocycles. The third-order valence-corrected chi connectivity index (χ3v) is 8.57. The van der Waals surface area contributed by atoms with E-state index in [1.54, 1.807) is 4.90 Å². The first-order valence-corrected chi connectivity index (χ1v) is 13.3. The number of rotatable bonds is 7. The van der Waals surface area contributed by atoms with Crippen molar-refractivity contribution >= 4 is 23.6 Å². The predicted molar refractivity (Wildman–Crippen MR) is 133 cm³/mol. The molecule has 2 amide bonds. The molecule has 3 aliphatic rings. The van der Waals surface area contributed by atoms with Gasteiger partial charge >= 0.3 is 0 Å². The molecule has 0 aromatic heterocycles. The zero-order valence-corrected chi connectivity index (χ0v) is 20.0. The topological polar surface area (TPSA) is 43.9 Å². The fourth-order valence-corrected chi connectivity index (χ4v) is 7.10. The van der Waals surface area contributed by atoms with Gasteiger partial charge in [0.2, 0.25) is 11.8 Å². The van der Waals surface area contributed by atoms with Crippen molar-refractivity contribution in [3.05, 3.63) is 71.8 Å². The van der Waals surface area contributed by atoms with E-state index in [0.29, 0.717) is 31.3 Å². The summed E-state index contributed by atoms with van der Waals surface area (Å²) in [5.74, 6) is 3.32. The Morgan fingerprint density at radius 2 is 1.58 bits per heavy atom. The molecule has 0 spiro atoms. The van der Waals surface area contributed by atoms with Crippen LogP contribution in [0, 0.1) is 11.8 Å². The minimum absolute atomic E-state index is 0.109. The lowest BCUT2D eigenvalue weighted by molar-refractivity contribution is -0.143. The van der Waals surface area contributed by atoms with Crippen LogP contribution in [0.4, 0.5) is 0 Å². The number of nitrogens with zero attached hydrogens (tertiary/aromatic N) is 3. The molecule has 2 aromatic rings. The quantitative estimate of drug-likeness (QED) is 0.631. The van der Waals surface area contributed by atoms with Crippen molar-refractivity contribution in [2.75, 3.05) is 37.7 Å². The fourth-order valence-electron chi connectivity index (χ4n) is 5.76. The molecule has 2 aromatic carbocycles. The highest BCUT2D eigenvalue weighted by atomic mass is 32.2. The first-order valence-electron chi connectivity index (χ1n) is 12.1. The molecule has 0 saturated carbocycles. The minimum atomic E-state index is 0.109. The zero-order valence-electron chi connectivity index (χ0n) is 19.1. The zero-order chi connectivity index (χ0) is 22.6. The van der Waals surface area contributed by atoms with Crippen LogP contribution in [0.2, 0.25) is 0 Å². The maximum atomic E-state index is 13.7. The van der Waals surface area contributed by atoms with Gasteiger partial charge in [0.05, 0.1) is 6.54 Å². The first kappa shape index (κ1) is 22.5. The largest absolute Gasteiger partial charge is 0.333 e. The molecule has 33 heavy (non-hydrogen) atoms. The second-order valence-corrected chi connectivity index (χ2v) is 10.7. The van der Waals surface area contributed by atoms with Gasteiger partial charge in [-0.1, -0.05) is 60.7 Å². The lowest BCUT2D eigenvalue weighted by Crippen LogP contribution is -2.61. The van der Waals surface area contributed by atoms with E-state index < -0.39 is 0 Å². The van der Waals surface area contributed by atoms with Gasteiger partial charge < -0.3 is 9.80 Å². The van der Waals surface area contributed by atoms with Crippen molar-refractivity contribution < 1.29 is 9.59 Å². The van der Waals surface area contributed by atoms with Crippen molar-refractivity contribution in [2.45, 2.75) is 32.0 Å². The summed E-state index contributed by atoms with van der Waals surface area (Å²) < 4.78 is 0. The number of likely N-dealkylation sites (tertiary alicyclic amines) is 2. The average molecular weight is 464 g/mol. The van der Waals surface area contributed by atoms with Gasteiger partial charge in [0.25, 0.3) is 0 Å². The van der Waals surface area contributed by atoms with E-state index >= 15 is 0 Å². The molecule has 0 radical (unpaired) electrons. The summed E-state index contributed by atoms with van der Waals surface area (Å²) in [6.45, 7) is 4.57. The fraction of sp³-hybridized carbons (Fsp3) is 0.481. The summed E-state index contributed by atoms with van der Waals surface area (Å²) in [5, 5.41) is 0. The second kappa shape index (κ2) is 10.3. The average Bonchev–Trinajstić information content (AvgIpc) is 3.22. The van der Waals surface area contributed by atoms with Gasteiger partial charge in [-0.2, -0.15) is 11.8 Å². The first-order chi connectivity index (χ1) is 16.2. The lowest BCUT2D eigenvalue weighted by atomic mass is 9.83. The van der Waals surface area contributed by atoms with Crippen LogP contribution < -0.4 is 0 Å². The van der Waals surface area contributed by atoms with Crippen molar-refractivity contribution in [1.82, 2.24) is 14.7 Å². The van der Waals surface area contributed by atoms with Crippen molar-refractivity contribution in [3.63, 3.8) is 0 Å². The molecule has 6 heteroatoms. The van der Waals surface area contributed by atoms with Crippen LogP contribution in [0.1, 0.15) is 24.0 Å². The van der Waals surface area contributed by atoms with Crippen LogP contribution in [0.15, 0.2) is 60.7 Å². The molecular weight excluding hydrogens is 430 g/mol. The summed E-state index contributed by atoms with van der Waals surface area (Å²) in [5.41, 5.74) is 2.52. The smallest absolute Gasteiger partial charge is 0.242 e. The number of hydrogen-bond acceptors (Lipinski definition) is 4. The van der Waals surface area contributed by atoms with E-state index in [4.69, 9.17) is 0 Å². The van der Waals surface area contributed by atoms with Gasteiger partial charge in [-0.15, -0.1) is 0 Å². The number of benzene rings is 2. The van der Waals surface area contributed by atoms with Gasteiger partial charge in [-0.05, 0) is 29.1 Å². The van der Waals surface area contributed by atoms with Crippen molar-refractivity contribution in [1.29, 1.82) is 0 Å². The normalized spacial score (nSPS) is 25.3. The Balaban J connectivity index is 1.35. The molecule has 0 N–H and O–H groups in total. The van der Waals surface area contributed by atoms with E-state index in [9.17, 15) is 9.59 Å². The summed E-state index contributed by atoms with van der Waals surface area (Å²) in [6.07, 6.45) is 1.44. The monoisotopic (exact) mass is 463 g/mol. The third-order valence-electron chi connectivity index (χ3n) is 7.24. The molecule has 5 nitrogen and oxygen atoms in total. The summed E-state index contributed by atoms with van der Waals surface area (Å²) in [4.78, 5) is 32.4. The number of piperidine rings is 1. The molecule has 0 aliphatic carbocycles. The molecule has 5 rings (SSSR count). The molecule has 3 fully saturated rings. The Bertz CT molecular complexity index is 940. The molecule has 3 heterocycles. The molecule has 3 saturated heterocycles. The number of fused-ring (bicyclic) bond motifs is 2. The number of thioether (sulfide) groups is 1. The Morgan fingerprint density at radius 1 is 0.939 bits per heavy atom. The molecule has 174 valence electrons. The highest BCUT2D eigenvalue weighted by Gasteiger charge is 2.44. The number of carbonyl (C=O) groups excluding carboxylic acids is 2. The minimum Gasteiger partial charge on any atom is -0.333 e. The highest BCUT2D eigenvalue weighted by Crippen LogP contribution is 2.38. The number of amides is 2. The van der Waals surface area contributed by atoms with E-state index in [-0.39, 0.29) is 24.4 Å². The summed E-state index contributed by atoms with van der Waals surface area (Å²) >= 11 is 2.04. The maximum Gasteiger partial charge on any atom is 0.242 e. The standard InChI is InChI=1S/C27H33N3O2S/c31-25-12-7-13-29(25)18-26(32)30(15-22-10-5-2-6-11-22)27-23-16-28(17-24(27)20-33-19-23)14-21-8-3-1-4-9-21/h1-6,8-11,23-24,27H,7,12-20H2. The maximum absolute atomic E-state index is 13.7. The number of carbonyl (C=O) groups is 2. The second-order valence-electron chi connectivity index (χ2n) is 9.65. The van der Waals surface area contributed by atoms with Gasteiger partial charge in [0, 0.05) is 57.0 Å². The summed E-state index contributed by atoms with van der Waals surface area (Å²) in [7, 11) is 0. The molecular formula is C27H33N3O2S. The van der Waals surface area contributed by atoms with Gasteiger partial charge in [-0.25, -0.2) is 0 Å². The van der Waals surface area contributed by atoms with Crippen LogP contribution in [-0.4, -0.2) is 70.2 Å². The Morgan fingerprint density at radius 3 is 2.18 bits per heavy atom. The van der Waals surface area contributed by atoms with E-state index in [0.717, 1.165) is 43.1 Å². The Labute approximate surface area is 201 Å². The van der Waals surface area contributed by atoms with Crippen LogP contribution in [-0.2, 0) is 22.7 Å². The van der Waals surface area contributed by atoms with Gasteiger partial charge in [-0.3, -0.25) is 14.5 Å². The van der Waals surface area contributed by atoms with Crippen LogP contribution in [0.5, 0.6) is 0 Å². The highest BCUT2D eigenvalue weighted by molar-refractivity contribution is 7.99. The molecule has 2 bridgehead atoms. The third kappa shape index (κ3) is 5.28. The van der Waals surface area contributed by atoms with E-state index in [1.807, 2.05) is 30.0 Å². The van der Waals surface area contributed by atoms with E-state index in [1.165, 1.54) is 5.56 Å². The van der Waals surface area contributed by atoms with Crippen molar-refractivity contribution in [3.8, 4) is 0 Å². The Kier molecular flexibility index (Phi) is 7.02. The number of hydrogen-bond donors (Lipinski definition) is 0. The van der Waals surface area contributed by atoms with E-state index in [2.05, 4.69) is 52.3 Å². The molecule has 2 atom stereocenters. The SMILES string of the molecule is O=C1CCCN1CC(=O)N(Cc1ccccc1)C1C2CSCC1CN(Cc1ccccc1)C2. The summed E-state index contributed by atoms with van der Waals surface area (Å²) in [6, 6.07) is 21.3. The van der Waals surface area contributed by atoms with Gasteiger partial charge in [0.1, 0.15) is 0 Å². The van der Waals surface area contributed by atoms with Crippen LogP contribution in [0.3, 0.4) is 0 Å². The molecule has 2 unspecified atom stereocenters. The predicted octanol–water partition coefficient (Wildman–Crippen LogP) is 3.50. The Hall–Kier alpha value is -2.31. The van der Waals surface area contributed by atoms with Crippen LogP contribution >= 0.6 is 11.8 Å². The lowest BCUT2D eigenvalue weighted by Gasteiger charge is -2.51. The van der Waals surface area contributed by atoms with Crippen LogP contribution in [0.25, 0.3) is 0 Å².